The molecule has 0 unspecified atom stereocenters. The van der Waals surface area contributed by atoms with Crippen molar-refractivity contribution in [2.45, 2.75) is 6.54 Å². The maximum atomic E-state index is 13.3. The Balaban J connectivity index is 1.90. The lowest BCUT2D eigenvalue weighted by Gasteiger charge is -2.26. The normalized spacial score (nSPS) is 15.5. The van der Waals surface area contributed by atoms with Gasteiger partial charge < -0.3 is 9.64 Å². The molecule has 0 atom stereocenters. The summed E-state index contributed by atoms with van der Waals surface area (Å²) in [6, 6.07) is 17.0. The Morgan fingerprint density at radius 3 is 2.58 bits per heavy atom. The maximum Gasteiger partial charge on any atom is 0.269 e. The van der Waals surface area contributed by atoms with Crippen LogP contribution in [-0.4, -0.2) is 46.7 Å². The van der Waals surface area contributed by atoms with Gasteiger partial charge in [-0.25, -0.2) is 0 Å². The lowest BCUT2D eigenvalue weighted by atomic mass is 10.2. The van der Waals surface area contributed by atoms with E-state index >= 15 is 0 Å². The number of nitriles is 1. The molecule has 3 heterocycles. The van der Waals surface area contributed by atoms with E-state index in [-0.39, 0.29) is 23.6 Å². The van der Waals surface area contributed by atoms with Gasteiger partial charge in [-0.3, -0.25) is 19.1 Å². The van der Waals surface area contributed by atoms with Gasteiger partial charge in [0.05, 0.1) is 30.0 Å². The van der Waals surface area contributed by atoms with Crippen molar-refractivity contribution in [2.75, 3.05) is 26.3 Å². The van der Waals surface area contributed by atoms with Gasteiger partial charge in [0.15, 0.2) is 5.57 Å². The Morgan fingerprint density at radius 1 is 1.16 bits per heavy atom. The molecule has 1 aliphatic rings. The van der Waals surface area contributed by atoms with Gasteiger partial charge >= 0.3 is 0 Å². The average molecular weight is 433 g/mol. The van der Waals surface area contributed by atoms with E-state index in [2.05, 4.69) is 11.1 Å². The molecule has 0 radical (unpaired) electrons. The molecule has 1 amide bonds. The van der Waals surface area contributed by atoms with Gasteiger partial charge in [0.25, 0.3) is 11.5 Å². The number of pyridine rings is 1. The van der Waals surface area contributed by atoms with Crippen LogP contribution in [0.4, 0.5) is 0 Å². The van der Waals surface area contributed by atoms with Crippen LogP contribution in [0.5, 0.6) is 0 Å². The van der Waals surface area contributed by atoms with Crippen molar-refractivity contribution in [1.82, 2.24) is 14.5 Å². The number of carbonyl (C=O) groups excluding carboxylic acids is 1. The molecule has 1 aromatic carbocycles. The minimum Gasteiger partial charge on any atom is -0.378 e. The molecule has 0 bridgehead atoms. The van der Waals surface area contributed by atoms with Crippen molar-refractivity contribution >= 4 is 28.9 Å². The summed E-state index contributed by atoms with van der Waals surface area (Å²) in [5, 5.41) is 9.86. The fourth-order valence-corrected chi connectivity index (χ4v) is 4.40. The third-order valence-corrected chi connectivity index (χ3v) is 6.03. The number of ether oxygens (including phenoxy) is 1. The van der Waals surface area contributed by atoms with Crippen LogP contribution in [0.25, 0.3) is 11.6 Å². The number of aromatic nitrogens is 2. The van der Waals surface area contributed by atoms with E-state index in [0.717, 1.165) is 16.9 Å². The molecule has 0 spiro atoms. The number of nitrogens with zero attached hydrogens (tertiary/aromatic N) is 4. The summed E-state index contributed by atoms with van der Waals surface area (Å²) < 4.78 is 7.60. The first-order valence-corrected chi connectivity index (χ1v) is 10.7. The molecule has 1 fully saturated rings. The smallest absolute Gasteiger partial charge is 0.269 e. The van der Waals surface area contributed by atoms with E-state index in [1.165, 1.54) is 4.57 Å². The van der Waals surface area contributed by atoms with Crippen molar-refractivity contribution in [3.8, 4) is 6.07 Å². The standard InChI is InChI=1S/C23H20N4O3S/c24-15-19(21(28)26-10-12-30-13-11-26)23-27(16-17-6-2-1-3-7-17)22(29)20(31-23)14-18-8-4-5-9-25-18/h1-9,14H,10-13,16H2/b20-14-,23-19-. The molecular weight excluding hydrogens is 412 g/mol. The summed E-state index contributed by atoms with van der Waals surface area (Å²) in [7, 11) is 0. The van der Waals surface area contributed by atoms with Gasteiger partial charge in [0.2, 0.25) is 0 Å². The van der Waals surface area contributed by atoms with Crippen molar-refractivity contribution in [3.05, 3.63) is 85.5 Å². The van der Waals surface area contributed by atoms with Crippen LogP contribution in [0, 0.1) is 11.3 Å². The van der Waals surface area contributed by atoms with E-state index in [0.29, 0.717) is 41.2 Å². The molecule has 8 heteroatoms. The number of amides is 1. The highest BCUT2D eigenvalue weighted by Crippen LogP contribution is 2.06. The molecule has 2 aromatic heterocycles. The molecule has 156 valence electrons. The quantitative estimate of drug-likeness (QED) is 0.606. The zero-order valence-electron chi connectivity index (χ0n) is 16.7. The minimum absolute atomic E-state index is 0.0272. The molecule has 3 aromatic rings. The first-order valence-electron chi connectivity index (χ1n) is 9.85. The van der Waals surface area contributed by atoms with Gasteiger partial charge in [-0.1, -0.05) is 36.4 Å². The van der Waals surface area contributed by atoms with Crippen molar-refractivity contribution < 1.29 is 9.53 Å². The molecule has 0 aliphatic carbocycles. The molecular formula is C23H20N4O3S. The monoisotopic (exact) mass is 432 g/mol. The van der Waals surface area contributed by atoms with Gasteiger partial charge in [-0.15, -0.1) is 11.3 Å². The fourth-order valence-electron chi connectivity index (χ4n) is 3.32. The predicted molar refractivity (Wildman–Crippen MR) is 118 cm³/mol. The number of hydrogen-bond donors (Lipinski definition) is 0. The van der Waals surface area contributed by atoms with Crippen LogP contribution in [0.15, 0.2) is 59.5 Å². The second kappa shape index (κ2) is 9.51. The minimum atomic E-state index is -0.377. The summed E-state index contributed by atoms with van der Waals surface area (Å²) in [5.41, 5.74) is 1.26. The van der Waals surface area contributed by atoms with Crippen LogP contribution < -0.4 is 14.8 Å². The van der Waals surface area contributed by atoms with Gasteiger partial charge in [-0.05, 0) is 23.8 Å². The predicted octanol–water partition coefficient (Wildman–Crippen LogP) is 0.715. The summed E-state index contributed by atoms with van der Waals surface area (Å²) in [4.78, 5) is 32.2. The van der Waals surface area contributed by atoms with Crippen LogP contribution >= 0.6 is 11.3 Å². The number of morpholine rings is 1. The van der Waals surface area contributed by atoms with E-state index in [1.54, 1.807) is 29.3 Å². The highest BCUT2D eigenvalue weighted by molar-refractivity contribution is 7.07. The Labute approximate surface area is 182 Å². The topological polar surface area (TPSA) is 88.2 Å². The Hall–Kier alpha value is -3.54. The van der Waals surface area contributed by atoms with Gasteiger partial charge in [0.1, 0.15) is 10.7 Å². The average Bonchev–Trinajstić information content (AvgIpc) is 3.11. The number of thiazole rings is 1. The Kier molecular flexibility index (Phi) is 6.36. The SMILES string of the molecule is N#C/C(C(=O)N1CCOCC1)=c1/s/c(=C\c2ccccn2)c(=O)n1Cc1ccccc1. The zero-order valence-corrected chi connectivity index (χ0v) is 17.5. The number of carbonyl (C=O) groups is 1. The summed E-state index contributed by atoms with van der Waals surface area (Å²) >= 11 is 1.14. The molecule has 31 heavy (non-hydrogen) atoms. The summed E-state index contributed by atoms with van der Waals surface area (Å²) in [6.07, 6.45) is 3.34. The second-order valence-electron chi connectivity index (χ2n) is 6.94. The number of rotatable bonds is 4. The number of hydrogen-bond acceptors (Lipinski definition) is 6. The van der Waals surface area contributed by atoms with E-state index in [4.69, 9.17) is 4.74 Å². The first kappa shape index (κ1) is 20.7. The third-order valence-electron chi connectivity index (χ3n) is 4.90. The first-order chi connectivity index (χ1) is 15.2. The van der Waals surface area contributed by atoms with Crippen LogP contribution in [0.2, 0.25) is 0 Å². The lowest BCUT2D eigenvalue weighted by Crippen LogP contribution is -2.43. The lowest BCUT2D eigenvalue weighted by molar-refractivity contribution is -0.128. The Morgan fingerprint density at radius 2 is 1.90 bits per heavy atom. The Bertz CT molecular complexity index is 1280. The molecule has 7 nitrogen and oxygen atoms in total. The van der Waals surface area contributed by atoms with Crippen molar-refractivity contribution in [3.63, 3.8) is 0 Å². The second-order valence-corrected chi connectivity index (χ2v) is 7.97. The fraction of sp³-hybridized carbons (Fsp3) is 0.217. The number of benzene rings is 1. The molecule has 0 saturated carbocycles. The van der Waals surface area contributed by atoms with Crippen LogP contribution in [0.3, 0.4) is 0 Å². The molecule has 1 aliphatic heterocycles. The van der Waals surface area contributed by atoms with Gasteiger partial charge in [0, 0.05) is 19.3 Å². The summed E-state index contributed by atoms with van der Waals surface area (Å²) in [5.74, 6) is -0.377. The van der Waals surface area contributed by atoms with E-state index in [1.807, 2.05) is 36.4 Å². The highest BCUT2D eigenvalue weighted by Gasteiger charge is 2.23. The third kappa shape index (κ3) is 4.63. The largest absolute Gasteiger partial charge is 0.378 e. The van der Waals surface area contributed by atoms with Crippen molar-refractivity contribution in [2.24, 2.45) is 0 Å². The molecule has 0 N–H and O–H groups in total. The van der Waals surface area contributed by atoms with E-state index in [9.17, 15) is 14.9 Å². The van der Waals surface area contributed by atoms with Gasteiger partial charge in [-0.2, -0.15) is 5.26 Å². The maximum absolute atomic E-state index is 13.3. The summed E-state index contributed by atoms with van der Waals surface area (Å²) in [6.45, 7) is 1.98. The van der Waals surface area contributed by atoms with Crippen molar-refractivity contribution in [1.29, 1.82) is 5.26 Å². The van der Waals surface area contributed by atoms with Crippen LogP contribution in [0.1, 0.15) is 11.3 Å². The van der Waals surface area contributed by atoms with E-state index < -0.39 is 0 Å². The zero-order chi connectivity index (χ0) is 21.6. The highest BCUT2D eigenvalue weighted by atomic mass is 32.1. The van der Waals surface area contributed by atoms with Crippen LogP contribution in [-0.2, 0) is 16.1 Å². The molecule has 1 saturated heterocycles. The molecule has 4 rings (SSSR count).